The van der Waals surface area contributed by atoms with Gasteiger partial charge < -0.3 is 16.0 Å². The largest absolute Gasteiger partial charge is 0.386 e. The zero-order valence-electron chi connectivity index (χ0n) is 17.2. The highest BCUT2D eigenvalue weighted by Gasteiger charge is 2.38. The van der Waals surface area contributed by atoms with Gasteiger partial charge in [0, 0.05) is 42.7 Å². The standard InChI is InChI=1S/C22H29ClN6O/c1-25-28-27-20(24)12-14-22(17-6-3-2-4-7-17)13-5-15-29(16-22)21(30)26-19-10-8-18(23)9-11-19/h2-4,6-11,25,28H,5,12-16H2,1H3,(H2,24,27)(H,26,30). The van der Waals surface area contributed by atoms with E-state index in [4.69, 9.17) is 17.3 Å². The van der Waals surface area contributed by atoms with Crippen LogP contribution in [0, 0.1) is 0 Å². The normalized spacial score (nSPS) is 19.4. The number of hydrazine groups is 1. The smallest absolute Gasteiger partial charge is 0.321 e. The molecule has 1 heterocycles. The van der Waals surface area contributed by atoms with E-state index in [2.05, 4.69) is 33.5 Å². The van der Waals surface area contributed by atoms with Gasteiger partial charge in [0.25, 0.3) is 0 Å². The number of likely N-dealkylation sites (tertiary alicyclic amines) is 1. The topological polar surface area (TPSA) is 94.8 Å². The summed E-state index contributed by atoms with van der Waals surface area (Å²) in [5.41, 5.74) is 13.3. The van der Waals surface area contributed by atoms with Crippen LogP contribution in [0.25, 0.3) is 0 Å². The summed E-state index contributed by atoms with van der Waals surface area (Å²) in [5.74, 6) is 0.530. The van der Waals surface area contributed by atoms with E-state index in [9.17, 15) is 4.79 Å². The number of benzene rings is 2. The number of anilines is 1. The fraction of sp³-hybridized carbons (Fsp3) is 0.364. The minimum atomic E-state index is -0.170. The summed E-state index contributed by atoms with van der Waals surface area (Å²) in [6.45, 7) is 1.35. The van der Waals surface area contributed by atoms with Gasteiger partial charge in [0.1, 0.15) is 5.84 Å². The zero-order valence-corrected chi connectivity index (χ0v) is 18.0. The number of hydrogen-bond donors (Lipinski definition) is 4. The number of urea groups is 1. The molecule has 5 N–H and O–H groups in total. The molecule has 30 heavy (non-hydrogen) atoms. The molecule has 3 rings (SSSR count). The van der Waals surface area contributed by atoms with Crippen LogP contribution in [-0.2, 0) is 5.41 Å². The molecule has 8 heteroatoms. The third kappa shape index (κ3) is 5.64. The second kappa shape index (κ2) is 10.3. The first-order chi connectivity index (χ1) is 14.5. The molecule has 0 spiro atoms. The van der Waals surface area contributed by atoms with Crippen molar-refractivity contribution >= 4 is 29.2 Å². The predicted octanol–water partition coefficient (Wildman–Crippen LogP) is 3.68. The van der Waals surface area contributed by atoms with Crippen molar-refractivity contribution in [2.75, 3.05) is 25.5 Å². The number of amidine groups is 1. The Bertz CT molecular complexity index is 858. The number of nitrogens with one attached hydrogen (secondary N) is 3. The van der Waals surface area contributed by atoms with Gasteiger partial charge in [-0.05, 0) is 49.1 Å². The molecule has 2 aromatic carbocycles. The van der Waals surface area contributed by atoms with E-state index in [0.29, 0.717) is 23.8 Å². The Morgan fingerprint density at radius 3 is 2.63 bits per heavy atom. The number of nitrogens with two attached hydrogens (primary N) is 1. The van der Waals surface area contributed by atoms with Gasteiger partial charge in [-0.25, -0.2) is 15.8 Å². The third-order valence-corrected chi connectivity index (χ3v) is 5.77. The molecule has 1 atom stereocenters. The van der Waals surface area contributed by atoms with Crippen molar-refractivity contribution in [3.05, 3.63) is 65.2 Å². The van der Waals surface area contributed by atoms with E-state index in [1.54, 1.807) is 31.3 Å². The molecule has 0 aliphatic carbocycles. The molecular formula is C22H29ClN6O. The minimum Gasteiger partial charge on any atom is -0.386 e. The fourth-order valence-corrected chi connectivity index (χ4v) is 4.09. The van der Waals surface area contributed by atoms with Gasteiger partial charge in [0.05, 0.1) is 0 Å². The van der Waals surface area contributed by atoms with Crippen molar-refractivity contribution in [1.29, 1.82) is 0 Å². The average Bonchev–Trinajstić information content (AvgIpc) is 2.78. The monoisotopic (exact) mass is 428 g/mol. The van der Waals surface area contributed by atoms with Crippen LogP contribution in [0.1, 0.15) is 31.2 Å². The van der Waals surface area contributed by atoms with Gasteiger partial charge in [-0.2, -0.15) is 5.10 Å². The van der Waals surface area contributed by atoms with Gasteiger partial charge in [-0.1, -0.05) is 41.9 Å². The average molecular weight is 429 g/mol. The van der Waals surface area contributed by atoms with Gasteiger partial charge in [0.2, 0.25) is 0 Å². The van der Waals surface area contributed by atoms with Crippen LogP contribution in [-0.4, -0.2) is 36.9 Å². The lowest BCUT2D eigenvalue weighted by atomic mass is 9.71. The second-order valence-corrected chi connectivity index (χ2v) is 8.01. The van der Waals surface area contributed by atoms with E-state index < -0.39 is 0 Å². The highest BCUT2D eigenvalue weighted by atomic mass is 35.5. The molecule has 1 unspecified atom stereocenters. The van der Waals surface area contributed by atoms with Gasteiger partial charge in [-0.3, -0.25) is 0 Å². The van der Waals surface area contributed by atoms with Gasteiger partial charge in [-0.15, -0.1) is 0 Å². The summed E-state index contributed by atoms with van der Waals surface area (Å²) in [7, 11) is 1.74. The number of carbonyl (C=O) groups excluding carboxylic acids is 1. The second-order valence-electron chi connectivity index (χ2n) is 7.57. The molecule has 2 amide bonds. The molecule has 1 saturated heterocycles. The molecule has 0 aromatic heterocycles. The van der Waals surface area contributed by atoms with Crippen LogP contribution in [0.4, 0.5) is 10.5 Å². The minimum absolute atomic E-state index is 0.101. The van der Waals surface area contributed by atoms with Crippen LogP contribution < -0.4 is 22.0 Å². The summed E-state index contributed by atoms with van der Waals surface area (Å²) in [6, 6.07) is 17.4. The molecule has 0 bridgehead atoms. The van der Waals surface area contributed by atoms with E-state index in [1.807, 2.05) is 23.1 Å². The lowest BCUT2D eigenvalue weighted by Gasteiger charge is -2.43. The maximum atomic E-state index is 13.0. The molecular weight excluding hydrogens is 400 g/mol. The molecule has 1 aliphatic rings. The van der Waals surface area contributed by atoms with Crippen LogP contribution in [0.2, 0.25) is 5.02 Å². The van der Waals surface area contributed by atoms with Gasteiger partial charge >= 0.3 is 6.03 Å². The summed E-state index contributed by atoms with van der Waals surface area (Å²) in [6.07, 6.45) is 3.36. The van der Waals surface area contributed by atoms with Crippen molar-refractivity contribution in [2.24, 2.45) is 10.8 Å². The number of halogens is 1. The Labute approximate surface area is 182 Å². The van der Waals surface area contributed by atoms with Crippen molar-refractivity contribution in [1.82, 2.24) is 15.9 Å². The molecule has 0 radical (unpaired) electrons. The van der Waals surface area contributed by atoms with Crippen molar-refractivity contribution in [3.63, 3.8) is 0 Å². The van der Waals surface area contributed by atoms with E-state index in [1.165, 1.54) is 5.56 Å². The third-order valence-electron chi connectivity index (χ3n) is 5.52. The van der Waals surface area contributed by atoms with Gasteiger partial charge in [0.15, 0.2) is 0 Å². The SMILES string of the molecule is CNN/N=C(\N)CCC1(c2ccccc2)CCCN(C(=O)Nc2ccc(Cl)cc2)C1. The number of hydrogen-bond acceptors (Lipinski definition) is 4. The van der Waals surface area contributed by atoms with Crippen LogP contribution in [0.3, 0.4) is 0 Å². The molecule has 7 nitrogen and oxygen atoms in total. The maximum absolute atomic E-state index is 13.0. The molecule has 1 aliphatic heterocycles. The maximum Gasteiger partial charge on any atom is 0.321 e. The number of piperidine rings is 1. The highest BCUT2D eigenvalue weighted by molar-refractivity contribution is 6.30. The Morgan fingerprint density at radius 2 is 1.93 bits per heavy atom. The van der Waals surface area contributed by atoms with E-state index >= 15 is 0 Å². The number of nitrogens with zero attached hydrogens (tertiary/aromatic N) is 2. The van der Waals surface area contributed by atoms with Crippen molar-refractivity contribution in [3.8, 4) is 0 Å². The molecule has 160 valence electrons. The lowest BCUT2D eigenvalue weighted by molar-refractivity contribution is 0.155. The number of hydrazone groups is 1. The molecule has 2 aromatic rings. The van der Waals surface area contributed by atoms with Crippen LogP contribution in [0.15, 0.2) is 59.7 Å². The summed E-state index contributed by atoms with van der Waals surface area (Å²) < 4.78 is 0. The first-order valence-electron chi connectivity index (χ1n) is 10.1. The fourth-order valence-electron chi connectivity index (χ4n) is 3.97. The Kier molecular flexibility index (Phi) is 7.54. The Balaban J connectivity index is 1.76. The predicted molar refractivity (Wildman–Crippen MR) is 122 cm³/mol. The lowest BCUT2D eigenvalue weighted by Crippen LogP contribution is -2.50. The quantitative estimate of drug-likeness (QED) is 0.307. The van der Waals surface area contributed by atoms with E-state index in [0.717, 1.165) is 31.5 Å². The van der Waals surface area contributed by atoms with Crippen LogP contribution >= 0.6 is 11.6 Å². The van der Waals surface area contributed by atoms with Crippen molar-refractivity contribution in [2.45, 2.75) is 31.1 Å². The van der Waals surface area contributed by atoms with E-state index in [-0.39, 0.29) is 11.4 Å². The number of amides is 2. The summed E-state index contributed by atoms with van der Waals surface area (Å²) >= 11 is 5.94. The van der Waals surface area contributed by atoms with Crippen molar-refractivity contribution < 1.29 is 4.79 Å². The zero-order chi connectivity index (χ0) is 21.4. The van der Waals surface area contributed by atoms with Crippen LogP contribution in [0.5, 0.6) is 0 Å². The first kappa shape index (κ1) is 21.9. The number of rotatable bonds is 7. The number of carbonyl (C=O) groups is 1. The molecule has 1 fully saturated rings. The Hall–Kier alpha value is -2.77. The molecule has 0 saturated carbocycles. The summed E-state index contributed by atoms with van der Waals surface area (Å²) in [4.78, 5) is 14.9. The Morgan fingerprint density at radius 1 is 1.20 bits per heavy atom. The summed E-state index contributed by atoms with van der Waals surface area (Å²) in [5, 5.41) is 7.72. The first-order valence-corrected chi connectivity index (χ1v) is 10.5. The highest BCUT2D eigenvalue weighted by Crippen LogP contribution is 2.38.